The average Bonchev–Trinajstić information content (AvgIpc) is 3.02. The van der Waals surface area contributed by atoms with Gasteiger partial charge in [0.25, 0.3) is 0 Å². The number of rotatable bonds is 9. The topological polar surface area (TPSA) is 90.9 Å². The molecule has 184 valence electrons. The van der Waals surface area contributed by atoms with Crippen LogP contribution in [0.15, 0.2) is 24.3 Å². The summed E-state index contributed by atoms with van der Waals surface area (Å²) in [6.45, 7) is 8.79. The van der Waals surface area contributed by atoms with E-state index in [1.165, 1.54) is 0 Å². The average molecular weight is 480 g/mol. The van der Waals surface area contributed by atoms with Crippen molar-refractivity contribution >= 4 is 27.7 Å². The third kappa shape index (κ3) is 5.44. The molecule has 2 aliphatic rings. The van der Waals surface area contributed by atoms with Gasteiger partial charge in [-0.3, -0.25) is 14.4 Å². The molecule has 0 radical (unpaired) electrons. The highest BCUT2D eigenvalue weighted by Crippen LogP contribution is 2.52. The van der Waals surface area contributed by atoms with Gasteiger partial charge in [0.1, 0.15) is 5.75 Å². The smallest absolute Gasteiger partial charge is 0.226 e. The molecule has 0 saturated carbocycles. The first-order valence-electron chi connectivity index (χ1n) is 11.7. The molecule has 4 atom stereocenters. The van der Waals surface area contributed by atoms with Gasteiger partial charge in [-0.25, -0.2) is 0 Å². The molecule has 8 heteroatoms. The first-order valence-corrected chi connectivity index (χ1v) is 13.3. The van der Waals surface area contributed by atoms with Crippen molar-refractivity contribution in [2.24, 2.45) is 11.3 Å². The summed E-state index contributed by atoms with van der Waals surface area (Å²) in [6, 6.07) is 7.67. The first-order chi connectivity index (χ1) is 15.7. The second kappa shape index (κ2) is 11.0. The van der Waals surface area contributed by atoms with Gasteiger partial charge in [0.15, 0.2) is 10.9 Å². The highest BCUT2D eigenvalue weighted by atomic mass is 32.2. The van der Waals surface area contributed by atoms with E-state index in [1.807, 2.05) is 38.1 Å². The molecule has 1 amide bonds. The van der Waals surface area contributed by atoms with Crippen LogP contribution in [0, 0.1) is 11.3 Å². The van der Waals surface area contributed by atoms with E-state index in [-0.39, 0.29) is 29.0 Å². The summed E-state index contributed by atoms with van der Waals surface area (Å²) in [5.74, 6) is -0.186. The summed E-state index contributed by atoms with van der Waals surface area (Å²) < 4.78 is 17.6. The minimum absolute atomic E-state index is 0.0231. The summed E-state index contributed by atoms with van der Waals surface area (Å²) in [5.41, 5.74) is -0.204. The fourth-order valence-corrected chi connectivity index (χ4v) is 7.43. The Morgan fingerprint density at radius 2 is 1.91 bits per heavy atom. The Morgan fingerprint density at radius 1 is 1.24 bits per heavy atom. The maximum Gasteiger partial charge on any atom is 0.226 e. The van der Waals surface area contributed by atoms with Gasteiger partial charge in [-0.15, -0.1) is 0 Å². The Kier molecular flexibility index (Phi) is 8.59. The van der Waals surface area contributed by atoms with Gasteiger partial charge >= 0.3 is 0 Å². The fourth-order valence-electron chi connectivity index (χ4n) is 4.68. The number of benzene rings is 1. The zero-order valence-electron chi connectivity index (χ0n) is 20.3. The Morgan fingerprint density at radius 3 is 2.55 bits per heavy atom. The lowest BCUT2D eigenvalue weighted by Gasteiger charge is -2.32. The van der Waals surface area contributed by atoms with Crippen LogP contribution in [0.4, 0.5) is 0 Å². The van der Waals surface area contributed by atoms with Crippen LogP contribution in [-0.2, 0) is 23.9 Å². The second-order valence-corrected chi connectivity index (χ2v) is 11.8. The van der Waals surface area contributed by atoms with Crippen LogP contribution in [0.25, 0.3) is 0 Å². The normalized spacial score (nSPS) is 26.3. The summed E-state index contributed by atoms with van der Waals surface area (Å²) in [6.07, 6.45) is 1.23. The number of amides is 1. The molecule has 1 aromatic carbocycles. The number of hydrogen-bond acceptors (Lipinski definition) is 6. The molecule has 0 bridgehead atoms. The largest absolute Gasteiger partial charge is 0.496 e. The molecule has 2 fully saturated rings. The van der Waals surface area contributed by atoms with Crippen molar-refractivity contribution in [2.45, 2.75) is 58.0 Å². The van der Waals surface area contributed by atoms with E-state index in [0.717, 1.165) is 18.4 Å². The Balaban J connectivity index is 1.89. The number of nitrogens with one attached hydrogen (secondary N) is 1. The molecule has 1 N–H and O–H groups in total. The van der Waals surface area contributed by atoms with E-state index >= 15 is 0 Å². The summed E-state index contributed by atoms with van der Waals surface area (Å²) in [5, 5.41) is 2.26. The molecular weight excluding hydrogens is 442 g/mol. The standard InChI is InChI=1S/C25H37NO6S/c1-6-26-24(29)25(3,4)21-22(27)16(2)33(23(21)28)15-20(32-17-11-13-31-14-12-17)18-9-7-8-10-19(18)30-5/h7-10,16-17,20-21,33H,6,11-15H2,1-5H3,(H,26,29). The van der Waals surface area contributed by atoms with E-state index in [4.69, 9.17) is 14.2 Å². The van der Waals surface area contributed by atoms with E-state index < -0.39 is 27.5 Å². The summed E-state index contributed by atoms with van der Waals surface area (Å²) >= 11 is 0. The van der Waals surface area contributed by atoms with Crippen LogP contribution in [-0.4, -0.2) is 60.8 Å². The van der Waals surface area contributed by atoms with Gasteiger partial charge in [0, 0.05) is 36.3 Å². The Bertz CT molecular complexity index is 866. The van der Waals surface area contributed by atoms with E-state index in [9.17, 15) is 14.4 Å². The predicted molar refractivity (Wildman–Crippen MR) is 130 cm³/mol. The number of hydrogen-bond donors (Lipinski definition) is 2. The lowest BCUT2D eigenvalue weighted by molar-refractivity contribution is -0.142. The lowest BCUT2D eigenvalue weighted by atomic mass is 9.76. The number of thiol groups is 1. The number of ether oxygens (including phenoxy) is 3. The van der Waals surface area contributed by atoms with E-state index in [0.29, 0.717) is 31.3 Å². The van der Waals surface area contributed by atoms with Gasteiger partial charge < -0.3 is 19.5 Å². The van der Waals surface area contributed by atoms with Crippen LogP contribution in [0.1, 0.15) is 52.2 Å². The van der Waals surface area contributed by atoms with Crippen molar-refractivity contribution < 1.29 is 28.6 Å². The molecule has 2 aliphatic heterocycles. The Labute approximate surface area is 199 Å². The van der Waals surface area contributed by atoms with Crippen LogP contribution in [0.5, 0.6) is 5.75 Å². The maximum atomic E-state index is 13.6. The molecule has 2 saturated heterocycles. The van der Waals surface area contributed by atoms with Crippen LogP contribution >= 0.6 is 10.9 Å². The molecule has 2 heterocycles. The SMILES string of the molecule is CCNC(=O)C(C)(C)C1C(=O)C(C)[SH](CC(OC2CCOCC2)c2ccccc2OC)C1=O. The van der Waals surface area contributed by atoms with Crippen LogP contribution < -0.4 is 10.1 Å². The third-order valence-corrected chi connectivity index (χ3v) is 9.45. The minimum Gasteiger partial charge on any atom is -0.496 e. The molecule has 33 heavy (non-hydrogen) atoms. The molecule has 0 aromatic heterocycles. The minimum atomic E-state index is -1.33. The quantitative estimate of drug-likeness (QED) is 0.418. The van der Waals surface area contributed by atoms with Gasteiger partial charge in [0.2, 0.25) is 5.91 Å². The monoisotopic (exact) mass is 479 g/mol. The molecular formula is C25H37NO6S. The number of carbonyl (C=O) groups excluding carboxylic acids is 3. The predicted octanol–water partition coefficient (Wildman–Crippen LogP) is 3.21. The number of ketones is 1. The number of Topliss-reactive ketones (excluding diaryl/α,β-unsaturated/α-hetero) is 1. The van der Waals surface area contributed by atoms with Crippen molar-refractivity contribution in [1.82, 2.24) is 5.32 Å². The van der Waals surface area contributed by atoms with Crippen molar-refractivity contribution in [2.75, 3.05) is 32.6 Å². The molecule has 1 aromatic rings. The summed E-state index contributed by atoms with van der Waals surface area (Å²) in [4.78, 5) is 39.5. The molecule has 4 unspecified atom stereocenters. The van der Waals surface area contributed by atoms with Gasteiger partial charge in [-0.05, 0) is 46.6 Å². The van der Waals surface area contributed by atoms with Crippen molar-refractivity contribution in [3.63, 3.8) is 0 Å². The first kappa shape index (κ1) is 25.7. The lowest BCUT2D eigenvalue weighted by Crippen LogP contribution is -2.46. The molecule has 3 rings (SSSR count). The van der Waals surface area contributed by atoms with Crippen molar-refractivity contribution in [3.8, 4) is 5.75 Å². The highest BCUT2D eigenvalue weighted by Gasteiger charge is 2.54. The molecule has 0 spiro atoms. The van der Waals surface area contributed by atoms with Crippen molar-refractivity contribution in [1.29, 1.82) is 0 Å². The third-order valence-electron chi connectivity index (χ3n) is 6.71. The van der Waals surface area contributed by atoms with Crippen molar-refractivity contribution in [3.05, 3.63) is 29.8 Å². The van der Waals surface area contributed by atoms with E-state index in [2.05, 4.69) is 5.32 Å². The molecule has 7 nitrogen and oxygen atoms in total. The van der Waals surface area contributed by atoms with E-state index in [1.54, 1.807) is 21.0 Å². The zero-order valence-corrected chi connectivity index (χ0v) is 21.2. The zero-order chi connectivity index (χ0) is 24.2. The number of carbonyl (C=O) groups is 3. The van der Waals surface area contributed by atoms with Gasteiger partial charge in [-0.2, -0.15) is 10.9 Å². The van der Waals surface area contributed by atoms with Gasteiger partial charge in [-0.1, -0.05) is 18.2 Å². The number of methoxy groups -OCH3 is 1. The Hall–Kier alpha value is -1.90. The summed E-state index contributed by atoms with van der Waals surface area (Å²) in [7, 11) is 0.286. The maximum absolute atomic E-state index is 13.6. The highest BCUT2D eigenvalue weighted by molar-refractivity contribution is 8.31. The number of para-hydroxylation sites is 1. The second-order valence-electron chi connectivity index (χ2n) is 9.26. The van der Waals surface area contributed by atoms with Crippen LogP contribution in [0.3, 0.4) is 0 Å². The van der Waals surface area contributed by atoms with Gasteiger partial charge in [0.05, 0.1) is 30.7 Å². The van der Waals surface area contributed by atoms with Crippen LogP contribution in [0.2, 0.25) is 0 Å². The fraction of sp³-hybridized carbons (Fsp3) is 0.640. The molecule has 0 aliphatic carbocycles.